The Balaban J connectivity index is 2.36. The topological polar surface area (TPSA) is 29.9 Å². The maximum Gasteiger partial charge on any atom is 0.0608 e. The summed E-state index contributed by atoms with van der Waals surface area (Å²) in [5.74, 6) is 0. The first kappa shape index (κ1) is 14.6. The normalized spacial score (nSPS) is 12.6. The Morgan fingerprint density at radius 2 is 2.16 bits per heavy atom. The highest BCUT2D eigenvalue weighted by atomic mass is 79.9. The van der Waals surface area contributed by atoms with Gasteiger partial charge in [0.25, 0.3) is 0 Å². The van der Waals surface area contributed by atoms with E-state index >= 15 is 0 Å². The Morgan fingerprint density at radius 3 is 2.74 bits per heavy atom. The standard InChI is InChI=1S/C14H17BrClN3/c1-3-4-17-14(11-8-18-19(2)9-11)10-5-12(15)7-13(16)6-10/h5-9,14,17H,3-4H2,1-2H3. The number of hydrogen-bond acceptors (Lipinski definition) is 2. The molecule has 1 aromatic carbocycles. The van der Waals surface area contributed by atoms with Gasteiger partial charge in [0, 0.05) is 28.3 Å². The molecule has 1 heterocycles. The van der Waals surface area contributed by atoms with Gasteiger partial charge in [-0.05, 0) is 36.7 Å². The molecule has 1 aromatic heterocycles. The van der Waals surface area contributed by atoms with Crippen LogP contribution in [0.25, 0.3) is 0 Å². The van der Waals surface area contributed by atoms with Crippen LogP contribution in [-0.4, -0.2) is 16.3 Å². The van der Waals surface area contributed by atoms with Crippen LogP contribution in [0.3, 0.4) is 0 Å². The van der Waals surface area contributed by atoms with Gasteiger partial charge < -0.3 is 5.32 Å². The SMILES string of the molecule is CCCNC(c1cc(Cl)cc(Br)c1)c1cnn(C)c1. The van der Waals surface area contributed by atoms with Gasteiger partial charge in [-0.2, -0.15) is 5.10 Å². The third kappa shape index (κ3) is 3.81. The molecule has 1 atom stereocenters. The lowest BCUT2D eigenvalue weighted by Crippen LogP contribution is -2.22. The summed E-state index contributed by atoms with van der Waals surface area (Å²) in [5, 5.41) is 8.52. The molecule has 0 radical (unpaired) electrons. The van der Waals surface area contributed by atoms with Crippen LogP contribution in [0.15, 0.2) is 35.1 Å². The van der Waals surface area contributed by atoms with E-state index in [-0.39, 0.29) is 6.04 Å². The van der Waals surface area contributed by atoms with E-state index in [0.717, 1.165) is 33.6 Å². The number of rotatable bonds is 5. The summed E-state index contributed by atoms with van der Waals surface area (Å²) in [4.78, 5) is 0. The number of nitrogens with one attached hydrogen (secondary N) is 1. The summed E-state index contributed by atoms with van der Waals surface area (Å²) in [6.45, 7) is 3.10. The van der Waals surface area contributed by atoms with E-state index in [4.69, 9.17) is 11.6 Å². The summed E-state index contributed by atoms with van der Waals surface area (Å²) >= 11 is 9.64. The Labute approximate surface area is 127 Å². The van der Waals surface area contributed by atoms with Gasteiger partial charge >= 0.3 is 0 Å². The predicted molar refractivity (Wildman–Crippen MR) is 82.5 cm³/mol. The molecular weight excluding hydrogens is 326 g/mol. The molecule has 0 aliphatic heterocycles. The minimum atomic E-state index is 0.114. The predicted octanol–water partition coefficient (Wildman–Crippen LogP) is 3.93. The first-order valence-corrected chi connectivity index (χ1v) is 7.45. The first-order chi connectivity index (χ1) is 9.10. The van der Waals surface area contributed by atoms with Crippen molar-refractivity contribution in [2.24, 2.45) is 7.05 Å². The zero-order valence-corrected chi connectivity index (χ0v) is 13.4. The third-order valence-electron chi connectivity index (χ3n) is 2.87. The number of aryl methyl sites for hydroxylation is 1. The largest absolute Gasteiger partial charge is 0.306 e. The van der Waals surface area contributed by atoms with E-state index in [1.807, 2.05) is 36.3 Å². The summed E-state index contributed by atoms with van der Waals surface area (Å²) in [6.07, 6.45) is 5.00. The average Bonchev–Trinajstić information content (AvgIpc) is 2.75. The molecule has 0 aliphatic rings. The molecule has 102 valence electrons. The fourth-order valence-electron chi connectivity index (χ4n) is 2.05. The van der Waals surface area contributed by atoms with Crippen LogP contribution in [0.4, 0.5) is 0 Å². The van der Waals surface area contributed by atoms with Crippen LogP contribution in [-0.2, 0) is 7.05 Å². The summed E-state index contributed by atoms with van der Waals surface area (Å²) in [5.41, 5.74) is 2.28. The Bertz CT molecular complexity index is 533. The molecule has 0 saturated carbocycles. The highest BCUT2D eigenvalue weighted by molar-refractivity contribution is 9.10. The monoisotopic (exact) mass is 341 g/mol. The van der Waals surface area contributed by atoms with E-state index in [0.29, 0.717) is 0 Å². The molecule has 19 heavy (non-hydrogen) atoms. The van der Waals surface area contributed by atoms with Crippen LogP contribution in [0.2, 0.25) is 5.02 Å². The van der Waals surface area contributed by atoms with E-state index in [1.54, 1.807) is 0 Å². The fourth-order valence-corrected chi connectivity index (χ4v) is 2.93. The van der Waals surface area contributed by atoms with E-state index in [1.165, 1.54) is 0 Å². The Morgan fingerprint density at radius 1 is 1.37 bits per heavy atom. The number of benzene rings is 1. The van der Waals surface area contributed by atoms with Crippen molar-refractivity contribution in [1.82, 2.24) is 15.1 Å². The van der Waals surface area contributed by atoms with Crippen molar-refractivity contribution in [2.45, 2.75) is 19.4 Å². The van der Waals surface area contributed by atoms with Gasteiger partial charge in [0.05, 0.1) is 12.2 Å². The van der Waals surface area contributed by atoms with Crippen molar-refractivity contribution in [3.05, 3.63) is 51.2 Å². The second-order valence-electron chi connectivity index (χ2n) is 4.54. The van der Waals surface area contributed by atoms with Gasteiger partial charge in [0.1, 0.15) is 0 Å². The molecule has 5 heteroatoms. The van der Waals surface area contributed by atoms with Crippen molar-refractivity contribution in [3.63, 3.8) is 0 Å². The maximum absolute atomic E-state index is 6.14. The van der Waals surface area contributed by atoms with Gasteiger partial charge in [0.15, 0.2) is 0 Å². The van der Waals surface area contributed by atoms with Crippen LogP contribution in [0.1, 0.15) is 30.5 Å². The zero-order chi connectivity index (χ0) is 13.8. The molecule has 1 N–H and O–H groups in total. The molecule has 0 fully saturated rings. The van der Waals surface area contributed by atoms with Crippen LogP contribution in [0.5, 0.6) is 0 Å². The summed E-state index contributed by atoms with van der Waals surface area (Å²) in [7, 11) is 1.92. The van der Waals surface area contributed by atoms with Crippen molar-refractivity contribution in [1.29, 1.82) is 0 Å². The summed E-state index contributed by atoms with van der Waals surface area (Å²) in [6, 6.07) is 6.09. The zero-order valence-electron chi connectivity index (χ0n) is 11.0. The highest BCUT2D eigenvalue weighted by Crippen LogP contribution is 2.27. The molecule has 2 aromatic rings. The Hall–Kier alpha value is -0.840. The first-order valence-electron chi connectivity index (χ1n) is 6.28. The molecule has 1 unspecified atom stereocenters. The lowest BCUT2D eigenvalue weighted by atomic mass is 10.0. The van der Waals surface area contributed by atoms with E-state index < -0.39 is 0 Å². The molecule has 0 spiro atoms. The molecule has 0 bridgehead atoms. The highest BCUT2D eigenvalue weighted by Gasteiger charge is 2.16. The third-order valence-corrected chi connectivity index (χ3v) is 3.55. The van der Waals surface area contributed by atoms with Crippen LogP contribution in [0, 0.1) is 0 Å². The van der Waals surface area contributed by atoms with Crippen LogP contribution >= 0.6 is 27.5 Å². The van der Waals surface area contributed by atoms with Gasteiger partial charge in [0.2, 0.25) is 0 Å². The number of aromatic nitrogens is 2. The summed E-state index contributed by atoms with van der Waals surface area (Å²) < 4.78 is 2.80. The lowest BCUT2D eigenvalue weighted by molar-refractivity contribution is 0.598. The van der Waals surface area contributed by atoms with Crippen molar-refractivity contribution in [2.75, 3.05) is 6.54 Å². The maximum atomic E-state index is 6.14. The molecule has 3 nitrogen and oxygen atoms in total. The minimum Gasteiger partial charge on any atom is -0.306 e. The van der Waals surface area contributed by atoms with Gasteiger partial charge in [-0.3, -0.25) is 4.68 Å². The molecule has 0 aliphatic carbocycles. The fraction of sp³-hybridized carbons (Fsp3) is 0.357. The van der Waals surface area contributed by atoms with Gasteiger partial charge in [-0.15, -0.1) is 0 Å². The van der Waals surface area contributed by atoms with Gasteiger partial charge in [-0.25, -0.2) is 0 Å². The minimum absolute atomic E-state index is 0.114. The van der Waals surface area contributed by atoms with E-state index in [2.05, 4.69) is 39.3 Å². The van der Waals surface area contributed by atoms with Crippen LogP contribution < -0.4 is 5.32 Å². The van der Waals surface area contributed by atoms with E-state index in [9.17, 15) is 0 Å². The second kappa shape index (κ2) is 6.55. The molecule has 0 amide bonds. The average molecular weight is 343 g/mol. The second-order valence-corrected chi connectivity index (χ2v) is 5.89. The van der Waals surface area contributed by atoms with Crippen molar-refractivity contribution in [3.8, 4) is 0 Å². The van der Waals surface area contributed by atoms with Gasteiger partial charge in [-0.1, -0.05) is 34.5 Å². The van der Waals surface area contributed by atoms with Crippen molar-refractivity contribution >= 4 is 27.5 Å². The van der Waals surface area contributed by atoms with Crippen molar-refractivity contribution < 1.29 is 0 Å². The Kier molecular flexibility index (Phi) is 5.02. The molecular formula is C14H17BrClN3. The number of hydrogen-bond donors (Lipinski definition) is 1. The lowest BCUT2D eigenvalue weighted by Gasteiger charge is -2.18. The molecule has 2 rings (SSSR count). The quantitative estimate of drug-likeness (QED) is 0.892. The number of nitrogens with zero attached hydrogens (tertiary/aromatic N) is 2. The number of halogens is 2. The smallest absolute Gasteiger partial charge is 0.0608 e. The molecule has 0 saturated heterocycles.